The number of urea groups is 1. The highest BCUT2D eigenvalue weighted by Crippen LogP contribution is 2.17. The van der Waals surface area contributed by atoms with Gasteiger partial charge >= 0.3 is 6.03 Å². The summed E-state index contributed by atoms with van der Waals surface area (Å²) in [4.78, 5) is 13.8. The third-order valence-electron chi connectivity index (χ3n) is 3.89. The maximum absolute atomic E-state index is 11.8. The van der Waals surface area contributed by atoms with Crippen LogP contribution in [0.5, 0.6) is 0 Å². The summed E-state index contributed by atoms with van der Waals surface area (Å²) in [6, 6.07) is 8.21. The molecule has 1 aliphatic carbocycles. The molecule has 22 heavy (non-hydrogen) atoms. The van der Waals surface area contributed by atoms with Crippen molar-refractivity contribution in [2.45, 2.75) is 38.1 Å². The molecule has 0 aromatic heterocycles. The van der Waals surface area contributed by atoms with Crippen molar-refractivity contribution in [3.8, 4) is 11.8 Å². The fourth-order valence-electron chi connectivity index (χ4n) is 2.72. The van der Waals surface area contributed by atoms with E-state index in [1.54, 1.807) is 0 Å². The van der Waals surface area contributed by atoms with Crippen LogP contribution in [0.25, 0.3) is 0 Å². The Morgan fingerprint density at radius 2 is 1.95 bits per heavy atom. The average Bonchev–Trinajstić information content (AvgIpc) is 2.53. The van der Waals surface area contributed by atoms with E-state index in [2.05, 4.69) is 22.5 Å². The number of hydrogen-bond donors (Lipinski definition) is 2. The Balaban J connectivity index is 1.80. The van der Waals surface area contributed by atoms with Crippen LogP contribution in [0.1, 0.15) is 37.7 Å². The molecule has 1 fully saturated rings. The van der Waals surface area contributed by atoms with E-state index in [0.717, 1.165) is 24.1 Å². The predicted molar refractivity (Wildman–Crippen MR) is 91.1 cm³/mol. The lowest BCUT2D eigenvalue weighted by molar-refractivity contribution is 0.234. The Labute approximate surface area is 133 Å². The summed E-state index contributed by atoms with van der Waals surface area (Å²) in [5.41, 5.74) is 2.06. The smallest absolute Gasteiger partial charge is 0.315 e. The van der Waals surface area contributed by atoms with E-state index >= 15 is 0 Å². The first-order chi connectivity index (χ1) is 10.7. The van der Waals surface area contributed by atoms with Crippen LogP contribution in [0.4, 0.5) is 10.5 Å². The van der Waals surface area contributed by atoms with Gasteiger partial charge in [-0.1, -0.05) is 43.2 Å². The highest BCUT2D eigenvalue weighted by Gasteiger charge is 2.14. The monoisotopic (exact) mass is 299 g/mol. The summed E-state index contributed by atoms with van der Waals surface area (Å²) in [6.45, 7) is 0.361. The third-order valence-corrected chi connectivity index (χ3v) is 3.89. The largest absolute Gasteiger partial charge is 0.377 e. The third kappa shape index (κ3) is 5.00. The zero-order valence-corrected chi connectivity index (χ0v) is 13.5. The molecule has 0 radical (unpaired) electrons. The molecule has 2 rings (SSSR count). The number of nitrogens with zero attached hydrogens (tertiary/aromatic N) is 1. The fourth-order valence-corrected chi connectivity index (χ4v) is 2.72. The van der Waals surface area contributed by atoms with Gasteiger partial charge in [0.05, 0.1) is 12.2 Å². The van der Waals surface area contributed by atoms with Gasteiger partial charge in [0.25, 0.3) is 0 Å². The van der Waals surface area contributed by atoms with Crippen LogP contribution in [0.3, 0.4) is 0 Å². The Morgan fingerprint density at radius 1 is 1.23 bits per heavy atom. The Bertz CT molecular complexity index is 551. The van der Waals surface area contributed by atoms with Crippen molar-refractivity contribution in [1.29, 1.82) is 0 Å². The molecule has 0 saturated heterocycles. The Hall–Kier alpha value is -2.15. The molecule has 4 nitrogen and oxygen atoms in total. The molecule has 1 aromatic carbocycles. The first kappa shape index (κ1) is 16.2. The summed E-state index contributed by atoms with van der Waals surface area (Å²) in [5.74, 6) is 6.14. The second kappa shape index (κ2) is 8.33. The summed E-state index contributed by atoms with van der Waals surface area (Å²) in [6.07, 6.45) is 5.90. The maximum Gasteiger partial charge on any atom is 0.315 e. The summed E-state index contributed by atoms with van der Waals surface area (Å²) >= 11 is 0. The van der Waals surface area contributed by atoms with Crippen LogP contribution in [-0.2, 0) is 0 Å². The SMILES string of the molecule is CN(C)c1ccccc1C#CCNC(=O)NC1CCCCC1. The van der Waals surface area contributed by atoms with Gasteiger partial charge in [-0.2, -0.15) is 0 Å². The molecule has 118 valence electrons. The maximum atomic E-state index is 11.8. The molecule has 0 atom stereocenters. The second-order valence-corrected chi connectivity index (χ2v) is 5.88. The van der Waals surface area contributed by atoms with E-state index < -0.39 is 0 Å². The van der Waals surface area contributed by atoms with Crippen molar-refractivity contribution in [2.24, 2.45) is 0 Å². The van der Waals surface area contributed by atoms with E-state index in [1.807, 2.05) is 43.3 Å². The normalized spacial score (nSPS) is 14.6. The molecule has 0 spiro atoms. The number of carbonyl (C=O) groups excluding carboxylic acids is 1. The topological polar surface area (TPSA) is 44.4 Å². The minimum atomic E-state index is -0.109. The van der Waals surface area contributed by atoms with Crippen molar-refractivity contribution in [1.82, 2.24) is 10.6 Å². The van der Waals surface area contributed by atoms with Crippen LogP contribution >= 0.6 is 0 Å². The van der Waals surface area contributed by atoms with Gasteiger partial charge in [-0.05, 0) is 25.0 Å². The Morgan fingerprint density at radius 3 is 2.68 bits per heavy atom. The van der Waals surface area contributed by atoms with E-state index in [0.29, 0.717) is 12.6 Å². The van der Waals surface area contributed by atoms with Gasteiger partial charge in [0.1, 0.15) is 0 Å². The highest BCUT2D eigenvalue weighted by atomic mass is 16.2. The van der Waals surface area contributed by atoms with Crippen molar-refractivity contribution in [2.75, 3.05) is 25.5 Å². The number of para-hydroxylation sites is 1. The number of hydrogen-bond acceptors (Lipinski definition) is 2. The fraction of sp³-hybridized carbons (Fsp3) is 0.500. The van der Waals surface area contributed by atoms with E-state index in [-0.39, 0.29) is 6.03 Å². The predicted octanol–water partition coefficient (Wildman–Crippen LogP) is 2.74. The Kier molecular flexibility index (Phi) is 6.14. The number of amides is 2. The van der Waals surface area contributed by atoms with Gasteiger partial charge in [0.15, 0.2) is 0 Å². The molecule has 1 saturated carbocycles. The summed E-state index contributed by atoms with van der Waals surface area (Å²) in [7, 11) is 3.99. The number of benzene rings is 1. The number of anilines is 1. The summed E-state index contributed by atoms with van der Waals surface area (Å²) < 4.78 is 0. The molecular formula is C18H25N3O. The molecule has 4 heteroatoms. The van der Waals surface area contributed by atoms with Gasteiger partial charge in [-0.15, -0.1) is 0 Å². The summed E-state index contributed by atoms with van der Waals surface area (Å²) in [5, 5.41) is 5.83. The van der Waals surface area contributed by atoms with Crippen LogP contribution in [0.15, 0.2) is 24.3 Å². The molecule has 0 aliphatic heterocycles. The van der Waals surface area contributed by atoms with Crippen LogP contribution in [0, 0.1) is 11.8 Å². The molecule has 0 heterocycles. The lowest BCUT2D eigenvalue weighted by Gasteiger charge is -2.22. The molecular weight excluding hydrogens is 274 g/mol. The van der Waals surface area contributed by atoms with Crippen LogP contribution in [0.2, 0.25) is 0 Å². The first-order valence-electron chi connectivity index (χ1n) is 7.96. The second-order valence-electron chi connectivity index (χ2n) is 5.88. The molecule has 0 bridgehead atoms. The molecule has 1 aromatic rings. The van der Waals surface area contributed by atoms with Crippen molar-refractivity contribution >= 4 is 11.7 Å². The van der Waals surface area contributed by atoms with Gasteiger partial charge in [0, 0.05) is 25.7 Å². The van der Waals surface area contributed by atoms with E-state index in [9.17, 15) is 4.79 Å². The van der Waals surface area contributed by atoms with Crippen molar-refractivity contribution in [3.05, 3.63) is 29.8 Å². The zero-order valence-electron chi connectivity index (χ0n) is 13.5. The quantitative estimate of drug-likeness (QED) is 0.843. The first-order valence-corrected chi connectivity index (χ1v) is 7.96. The molecule has 0 unspecified atom stereocenters. The lowest BCUT2D eigenvalue weighted by atomic mass is 9.96. The average molecular weight is 299 g/mol. The van der Waals surface area contributed by atoms with Crippen molar-refractivity contribution in [3.63, 3.8) is 0 Å². The number of carbonyl (C=O) groups is 1. The highest BCUT2D eigenvalue weighted by molar-refractivity contribution is 5.74. The van der Waals surface area contributed by atoms with Crippen LogP contribution in [-0.4, -0.2) is 32.7 Å². The van der Waals surface area contributed by atoms with Gasteiger partial charge in [-0.3, -0.25) is 0 Å². The van der Waals surface area contributed by atoms with Gasteiger partial charge < -0.3 is 15.5 Å². The van der Waals surface area contributed by atoms with E-state index in [4.69, 9.17) is 0 Å². The minimum absolute atomic E-state index is 0.109. The molecule has 2 N–H and O–H groups in total. The van der Waals surface area contributed by atoms with Crippen molar-refractivity contribution < 1.29 is 4.79 Å². The minimum Gasteiger partial charge on any atom is -0.377 e. The lowest BCUT2D eigenvalue weighted by Crippen LogP contribution is -2.42. The number of rotatable bonds is 3. The molecule has 2 amide bonds. The van der Waals surface area contributed by atoms with E-state index in [1.165, 1.54) is 19.3 Å². The van der Waals surface area contributed by atoms with Crippen LogP contribution < -0.4 is 15.5 Å². The zero-order chi connectivity index (χ0) is 15.8. The molecule has 1 aliphatic rings. The number of nitrogens with one attached hydrogen (secondary N) is 2. The van der Waals surface area contributed by atoms with Gasteiger partial charge in [-0.25, -0.2) is 4.79 Å². The van der Waals surface area contributed by atoms with Gasteiger partial charge in [0.2, 0.25) is 0 Å². The standard InChI is InChI=1S/C18H25N3O/c1-21(2)17-13-7-6-9-15(17)10-8-14-19-18(22)20-16-11-4-3-5-12-16/h6-7,9,13,16H,3-5,11-12,14H2,1-2H3,(H2,19,20,22).